The largest absolute Gasteiger partial charge is 0.486 e. The molecule has 2 aliphatic rings. The number of hydrogen-bond acceptors (Lipinski definition) is 8. The minimum Gasteiger partial charge on any atom is -0.486 e. The fourth-order valence-electron chi connectivity index (χ4n) is 3.97. The van der Waals surface area contributed by atoms with E-state index in [-0.39, 0.29) is 23.2 Å². The van der Waals surface area contributed by atoms with Crippen LogP contribution in [0, 0.1) is 0 Å². The number of amides is 3. The maximum absolute atomic E-state index is 12.7. The Hall–Kier alpha value is -4.60. The third-order valence-corrected chi connectivity index (χ3v) is 5.78. The molecule has 2 aromatic carbocycles. The van der Waals surface area contributed by atoms with Gasteiger partial charge >= 0.3 is 5.97 Å². The molecular formula is C26H22N2O8. The number of hydrogen-bond donors (Lipinski definition) is 1. The van der Waals surface area contributed by atoms with Gasteiger partial charge in [0.1, 0.15) is 19.0 Å². The van der Waals surface area contributed by atoms with E-state index in [0.29, 0.717) is 43.4 Å². The first-order chi connectivity index (χ1) is 17.5. The molecule has 0 saturated carbocycles. The minimum atomic E-state index is -0.774. The predicted octanol–water partition coefficient (Wildman–Crippen LogP) is 2.36. The van der Waals surface area contributed by atoms with Crippen LogP contribution in [0.3, 0.4) is 0 Å². The lowest BCUT2D eigenvalue weighted by Crippen LogP contribution is -2.30. The second kappa shape index (κ2) is 9.95. The number of imide groups is 1. The summed E-state index contributed by atoms with van der Waals surface area (Å²) >= 11 is 0. The van der Waals surface area contributed by atoms with E-state index in [9.17, 15) is 19.2 Å². The quantitative estimate of drug-likeness (QED) is 0.377. The molecule has 1 aromatic heterocycles. The maximum Gasteiger partial charge on any atom is 0.338 e. The van der Waals surface area contributed by atoms with Crippen LogP contribution in [0.1, 0.15) is 42.4 Å². The first kappa shape index (κ1) is 23.2. The zero-order valence-corrected chi connectivity index (χ0v) is 19.2. The number of furan rings is 1. The van der Waals surface area contributed by atoms with Gasteiger partial charge in [-0.2, -0.15) is 0 Å². The number of ether oxygens (including phenoxy) is 3. The molecule has 10 nitrogen and oxygen atoms in total. The zero-order valence-electron chi connectivity index (χ0n) is 19.2. The van der Waals surface area contributed by atoms with Gasteiger partial charge in [-0.05, 0) is 54.4 Å². The van der Waals surface area contributed by atoms with Gasteiger partial charge in [0.25, 0.3) is 17.7 Å². The summed E-state index contributed by atoms with van der Waals surface area (Å²) in [6, 6.07) is 13.0. The van der Waals surface area contributed by atoms with Crippen molar-refractivity contribution in [1.29, 1.82) is 0 Å². The van der Waals surface area contributed by atoms with Crippen LogP contribution in [0.25, 0.3) is 0 Å². The van der Waals surface area contributed by atoms with Crippen molar-refractivity contribution in [3.05, 3.63) is 82.8 Å². The number of nitrogens with zero attached hydrogens (tertiary/aromatic N) is 1. The molecule has 0 saturated heterocycles. The fourth-order valence-corrected chi connectivity index (χ4v) is 3.97. The lowest BCUT2D eigenvalue weighted by Gasteiger charge is -2.18. The van der Waals surface area contributed by atoms with E-state index in [1.165, 1.54) is 24.5 Å². The van der Waals surface area contributed by atoms with Gasteiger partial charge < -0.3 is 23.9 Å². The third kappa shape index (κ3) is 4.78. The average molecular weight is 490 g/mol. The summed E-state index contributed by atoms with van der Waals surface area (Å²) in [5.74, 6) is -0.394. The summed E-state index contributed by atoms with van der Waals surface area (Å²) in [7, 11) is 0. The third-order valence-electron chi connectivity index (χ3n) is 5.78. The standard InChI is InChI=1S/C26H22N2O8/c29-23(27-8-7-16-3-6-21-22(12-16)35-11-10-34-21)15-36-26(32)17-4-5-19-20(13-17)25(31)28(24(19)30)14-18-2-1-9-33-18/h1-6,9,12-13H,7-8,10-11,14-15H2,(H,27,29). The monoisotopic (exact) mass is 490 g/mol. The summed E-state index contributed by atoms with van der Waals surface area (Å²) in [6.45, 7) is 0.874. The van der Waals surface area contributed by atoms with Crippen LogP contribution >= 0.6 is 0 Å². The van der Waals surface area contributed by atoms with Crippen LogP contribution in [-0.2, 0) is 22.5 Å². The first-order valence-electron chi connectivity index (χ1n) is 11.3. The van der Waals surface area contributed by atoms with Crippen molar-refractivity contribution < 1.29 is 37.8 Å². The first-order valence-corrected chi connectivity index (χ1v) is 11.3. The van der Waals surface area contributed by atoms with E-state index >= 15 is 0 Å². The molecule has 3 aromatic rings. The molecule has 0 radical (unpaired) electrons. The minimum absolute atomic E-state index is 0.00838. The zero-order chi connectivity index (χ0) is 25.1. The highest BCUT2D eigenvalue weighted by atomic mass is 16.6. The van der Waals surface area contributed by atoms with Crippen molar-refractivity contribution in [3.8, 4) is 11.5 Å². The van der Waals surface area contributed by atoms with Gasteiger partial charge in [0.15, 0.2) is 18.1 Å². The number of nitrogens with one attached hydrogen (secondary N) is 1. The normalized spacial score (nSPS) is 13.9. The number of esters is 1. The van der Waals surface area contributed by atoms with Gasteiger partial charge in [-0.1, -0.05) is 6.07 Å². The molecule has 0 spiro atoms. The summed E-state index contributed by atoms with van der Waals surface area (Å²) in [5.41, 5.74) is 1.33. The van der Waals surface area contributed by atoms with Gasteiger partial charge in [-0.3, -0.25) is 19.3 Å². The van der Waals surface area contributed by atoms with Crippen LogP contribution in [0.2, 0.25) is 0 Å². The highest BCUT2D eigenvalue weighted by Gasteiger charge is 2.36. The van der Waals surface area contributed by atoms with E-state index in [4.69, 9.17) is 18.6 Å². The van der Waals surface area contributed by atoms with E-state index < -0.39 is 30.3 Å². The van der Waals surface area contributed by atoms with Crippen LogP contribution in [0.4, 0.5) is 0 Å². The van der Waals surface area contributed by atoms with Crippen molar-refractivity contribution in [2.75, 3.05) is 26.4 Å². The molecule has 0 fully saturated rings. The number of carbonyl (C=O) groups is 4. The molecule has 2 aliphatic heterocycles. The summed E-state index contributed by atoms with van der Waals surface area (Å²) < 4.78 is 21.3. The van der Waals surface area contributed by atoms with E-state index in [1.807, 2.05) is 18.2 Å². The van der Waals surface area contributed by atoms with Crippen molar-refractivity contribution in [2.45, 2.75) is 13.0 Å². The Morgan fingerprint density at radius 1 is 0.944 bits per heavy atom. The summed E-state index contributed by atoms with van der Waals surface area (Å²) in [6.07, 6.45) is 2.02. The van der Waals surface area contributed by atoms with Crippen molar-refractivity contribution >= 4 is 23.7 Å². The van der Waals surface area contributed by atoms with Crippen molar-refractivity contribution in [3.63, 3.8) is 0 Å². The maximum atomic E-state index is 12.7. The molecule has 1 N–H and O–H groups in total. The summed E-state index contributed by atoms with van der Waals surface area (Å²) in [4.78, 5) is 50.9. The van der Waals surface area contributed by atoms with Gasteiger partial charge in [-0.25, -0.2) is 4.79 Å². The second-order valence-corrected chi connectivity index (χ2v) is 8.19. The number of benzene rings is 2. The Bertz CT molecular complexity index is 1330. The van der Waals surface area contributed by atoms with Gasteiger partial charge in [0.2, 0.25) is 0 Å². The van der Waals surface area contributed by atoms with Crippen molar-refractivity contribution in [2.24, 2.45) is 0 Å². The highest BCUT2D eigenvalue weighted by Crippen LogP contribution is 2.31. The molecule has 184 valence electrons. The molecule has 3 heterocycles. The van der Waals surface area contributed by atoms with E-state index in [0.717, 1.165) is 10.5 Å². The highest BCUT2D eigenvalue weighted by molar-refractivity contribution is 6.21. The molecule has 0 aliphatic carbocycles. The number of fused-ring (bicyclic) bond motifs is 2. The van der Waals surface area contributed by atoms with Crippen LogP contribution < -0.4 is 14.8 Å². The van der Waals surface area contributed by atoms with Crippen LogP contribution in [0.15, 0.2) is 59.2 Å². The second-order valence-electron chi connectivity index (χ2n) is 8.19. The Kier molecular flexibility index (Phi) is 6.40. The Morgan fingerprint density at radius 2 is 1.75 bits per heavy atom. The topological polar surface area (TPSA) is 124 Å². The molecule has 36 heavy (non-hydrogen) atoms. The van der Waals surface area contributed by atoms with Crippen LogP contribution in [0.5, 0.6) is 11.5 Å². The molecule has 5 rings (SSSR count). The predicted molar refractivity (Wildman–Crippen MR) is 124 cm³/mol. The Balaban J connectivity index is 1.12. The molecule has 10 heteroatoms. The molecular weight excluding hydrogens is 468 g/mol. The number of rotatable bonds is 8. The smallest absolute Gasteiger partial charge is 0.338 e. The molecule has 0 bridgehead atoms. The SMILES string of the molecule is O=C(COC(=O)c1ccc2c(c1)C(=O)N(Cc1ccco1)C2=O)NCCc1ccc2c(c1)OCCO2. The molecule has 0 unspecified atom stereocenters. The fraction of sp³-hybridized carbons (Fsp3) is 0.231. The molecule has 0 atom stereocenters. The Morgan fingerprint density at radius 3 is 2.56 bits per heavy atom. The average Bonchev–Trinajstić information content (AvgIpc) is 3.50. The number of carbonyl (C=O) groups excluding carboxylic acids is 4. The van der Waals surface area contributed by atoms with Gasteiger partial charge in [0, 0.05) is 6.54 Å². The van der Waals surface area contributed by atoms with Gasteiger partial charge in [0.05, 0.1) is 29.5 Å². The van der Waals surface area contributed by atoms with Crippen LogP contribution in [-0.4, -0.2) is 55.0 Å². The lowest BCUT2D eigenvalue weighted by atomic mass is 10.1. The van der Waals surface area contributed by atoms with Crippen molar-refractivity contribution in [1.82, 2.24) is 10.2 Å². The lowest BCUT2D eigenvalue weighted by molar-refractivity contribution is -0.124. The van der Waals surface area contributed by atoms with E-state index in [1.54, 1.807) is 12.1 Å². The summed E-state index contributed by atoms with van der Waals surface area (Å²) in [5, 5.41) is 2.70. The van der Waals surface area contributed by atoms with E-state index in [2.05, 4.69) is 5.32 Å². The Labute approximate surface area is 205 Å². The van der Waals surface area contributed by atoms with Gasteiger partial charge in [-0.15, -0.1) is 0 Å². The molecule has 3 amide bonds.